The van der Waals surface area contributed by atoms with E-state index in [9.17, 15) is 18.3 Å². The van der Waals surface area contributed by atoms with Crippen LogP contribution in [-0.4, -0.2) is 36.5 Å². The zero-order valence-electron chi connectivity index (χ0n) is 22.0. The first kappa shape index (κ1) is 28.9. The Kier molecular flexibility index (Phi) is 9.17. The van der Waals surface area contributed by atoms with Crippen LogP contribution in [0.4, 0.5) is 0 Å². The quantitative estimate of drug-likeness (QED) is 0.390. The van der Waals surface area contributed by atoms with E-state index in [1.54, 1.807) is 13.0 Å². The van der Waals surface area contributed by atoms with Crippen LogP contribution in [0.1, 0.15) is 81.7 Å². The molecule has 35 heavy (non-hydrogen) atoms. The summed E-state index contributed by atoms with van der Waals surface area (Å²) < 4.78 is 29.0. The van der Waals surface area contributed by atoms with Gasteiger partial charge in [0.1, 0.15) is 5.75 Å². The van der Waals surface area contributed by atoms with Gasteiger partial charge in [0.25, 0.3) is 0 Å². The average Bonchev–Trinajstić information content (AvgIpc) is 2.74. The molecule has 0 aromatic heterocycles. The van der Waals surface area contributed by atoms with E-state index < -0.39 is 21.8 Å². The summed E-state index contributed by atoms with van der Waals surface area (Å²) in [6.07, 6.45) is 2.85. The third-order valence-corrected chi connectivity index (χ3v) is 8.07. The Morgan fingerprint density at radius 2 is 1.51 bits per heavy atom. The first-order valence-corrected chi connectivity index (χ1v) is 13.8. The van der Waals surface area contributed by atoms with Crippen molar-refractivity contribution in [3.05, 3.63) is 64.2 Å². The van der Waals surface area contributed by atoms with E-state index >= 15 is 0 Å². The number of aliphatic hydroxyl groups is 1. The molecule has 7 heteroatoms. The van der Waals surface area contributed by atoms with Crippen LogP contribution >= 0.6 is 0 Å². The number of hydrogen-bond acceptors (Lipinski definition) is 5. The Labute approximate surface area is 210 Å². The van der Waals surface area contributed by atoms with E-state index in [1.807, 2.05) is 32.9 Å². The third kappa shape index (κ3) is 7.07. The molecule has 0 fully saturated rings. The lowest BCUT2D eigenvalue weighted by molar-refractivity contribution is -0.134. The zero-order valence-corrected chi connectivity index (χ0v) is 22.8. The zero-order chi connectivity index (χ0) is 26.6. The molecule has 0 radical (unpaired) electrons. The predicted molar refractivity (Wildman–Crippen MR) is 140 cm³/mol. The monoisotopic (exact) mass is 504 g/mol. The summed E-state index contributed by atoms with van der Waals surface area (Å²) in [5, 5.41) is 19.2. The van der Waals surface area contributed by atoms with E-state index in [4.69, 9.17) is 9.29 Å². The Hall–Kier alpha value is -2.38. The Bertz CT molecular complexity index is 1140. The van der Waals surface area contributed by atoms with Crippen LogP contribution in [0.25, 0.3) is 0 Å². The lowest BCUT2D eigenvalue weighted by Gasteiger charge is -2.34. The van der Waals surface area contributed by atoms with Crippen LogP contribution in [0, 0.1) is 19.3 Å². The summed E-state index contributed by atoms with van der Waals surface area (Å²) in [5.74, 6) is -2.40. The minimum Gasteiger partial charge on any atom is -0.480 e. The normalized spacial score (nSPS) is 13.5. The first-order valence-electron chi connectivity index (χ1n) is 12.2. The molecular weight excluding hydrogens is 464 g/mol. The SMILES string of the molecule is CCC(CC)(c1ccc(CCC(O)C(C)(C)C)c(C)c1)c1ccc(OS(=O)(=O)CC(=O)O)c(C)c1. The summed E-state index contributed by atoms with van der Waals surface area (Å²) in [6, 6.07) is 12.0. The summed E-state index contributed by atoms with van der Waals surface area (Å²) >= 11 is 0. The maximum atomic E-state index is 12.0. The lowest BCUT2D eigenvalue weighted by Crippen LogP contribution is -2.27. The molecule has 2 N–H and O–H groups in total. The van der Waals surface area contributed by atoms with Gasteiger partial charge in [-0.1, -0.05) is 65.0 Å². The summed E-state index contributed by atoms with van der Waals surface area (Å²) in [7, 11) is -4.22. The highest BCUT2D eigenvalue weighted by atomic mass is 32.2. The van der Waals surface area contributed by atoms with E-state index in [0.29, 0.717) is 12.0 Å². The molecule has 1 unspecified atom stereocenters. The van der Waals surface area contributed by atoms with Crippen molar-refractivity contribution in [1.29, 1.82) is 0 Å². The molecule has 0 bridgehead atoms. The molecular formula is C28H40O6S. The molecule has 0 spiro atoms. The molecule has 6 nitrogen and oxygen atoms in total. The van der Waals surface area contributed by atoms with Crippen LogP contribution < -0.4 is 4.18 Å². The van der Waals surface area contributed by atoms with Gasteiger partial charge in [0, 0.05) is 5.41 Å². The van der Waals surface area contributed by atoms with E-state index in [2.05, 4.69) is 39.0 Å². The van der Waals surface area contributed by atoms with Crippen LogP contribution in [0.2, 0.25) is 0 Å². The second-order valence-electron chi connectivity index (χ2n) is 10.5. The van der Waals surface area contributed by atoms with E-state index in [0.717, 1.165) is 24.8 Å². The second-order valence-corrected chi connectivity index (χ2v) is 12.1. The van der Waals surface area contributed by atoms with Gasteiger partial charge in [-0.25, -0.2) is 0 Å². The van der Waals surface area contributed by atoms with Crippen molar-refractivity contribution < 1.29 is 27.6 Å². The van der Waals surface area contributed by atoms with Gasteiger partial charge in [-0.15, -0.1) is 0 Å². The highest BCUT2D eigenvalue weighted by Crippen LogP contribution is 2.41. The number of benzene rings is 2. The highest BCUT2D eigenvalue weighted by Gasteiger charge is 2.32. The van der Waals surface area contributed by atoms with Crippen molar-refractivity contribution >= 4 is 16.1 Å². The van der Waals surface area contributed by atoms with Crippen LogP contribution in [-0.2, 0) is 26.7 Å². The largest absolute Gasteiger partial charge is 0.480 e. The fraction of sp³-hybridized carbons (Fsp3) is 0.536. The molecule has 0 saturated heterocycles. The minimum absolute atomic E-state index is 0.139. The number of carboxylic acids is 1. The van der Waals surface area contributed by atoms with E-state index in [1.165, 1.54) is 16.7 Å². The highest BCUT2D eigenvalue weighted by molar-refractivity contribution is 7.87. The number of carbonyl (C=O) groups is 1. The summed E-state index contributed by atoms with van der Waals surface area (Å²) in [4.78, 5) is 10.8. The molecule has 2 rings (SSSR count). The van der Waals surface area contributed by atoms with Crippen molar-refractivity contribution in [2.24, 2.45) is 5.41 Å². The Morgan fingerprint density at radius 1 is 0.971 bits per heavy atom. The third-order valence-electron chi connectivity index (χ3n) is 7.03. The maximum Gasteiger partial charge on any atom is 0.322 e. The number of aryl methyl sites for hydroxylation is 3. The number of aliphatic hydroxyl groups excluding tert-OH is 1. The second kappa shape index (κ2) is 11.1. The fourth-order valence-corrected chi connectivity index (χ4v) is 5.41. The fourth-order valence-electron chi connectivity index (χ4n) is 4.59. The number of carboxylic acid groups (broad SMARTS) is 1. The number of aliphatic carboxylic acids is 1. The molecule has 0 aliphatic carbocycles. The Balaban J connectivity index is 2.37. The van der Waals surface area contributed by atoms with Crippen molar-refractivity contribution in [2.75, 3.05) is 5.75 Å². The van der Waals surface area contributed by atoms with Crippen molar-refractivity contribution in [2.45, 2.75) is 85.7 Å². The van der Waals surface area contributed by atoms with Gasteiger partial charge in [-0.05, 0) is 78.8 Å². The lowest BCUT2D eigenvalue weighted by atomic mass is 9.69. The number of rotatable bonds is 11. The molecule has 0 aliphatic heterocycles. The van der Waals surface area contributed by atoms with Crippen LogP contribution in [0.5, 0.6) is 5.75 Å². The molecule has 0 saturated carbocycles. The molecule has 194 valence electrons. The van der Waals surface area contributed by atoms with Crippen molar-refractivity contribution in [3.63, 3.8) is 0 Å². The molecule has 0 amide bonds. The average molecular weight is 505 g/mol. The number of hydrogen-bond donors (Lipinski definition) is 2. The molecule has 2 aromatic carbocycles. The van der Waals surface area contributed by atoms with Crippen molar-refractivity contribution in [1.82, 2.24) is 0 Å². The van der Waals surface area contributed by atoms with Gasteiger partial charge in [0.05, 0.1) is 6.10 Å². The molecule has 2 aromatic rings. The van der Waals surface area contributed by atoms with Gasteiger partial charge in [0.15, 0.2) is 5.75 Å². The summed E-state index contributed by atoms with van der Waals surface area (Å²) in [5.41, 5.74) is 4.87. The first-order chi connectivity index (χ1) is 16.1. The van der Waals surface area contributed by atoms with Crippen LogP contribution in [0.3, 0.4) is 0 Å². The van der Waals surface area contributed by atoms with Crippen LogP contribution in [0.15, 0.2) is 36.4 Å². The van der Waals surface area contributed by atoms with Gasteiger partial charge >= 0.3 is 16.1 Å². The van der Waals surface area contributed by atoms with E-state index in [-0.39, 0.29) is 22.7 Å². The molecule has 1 atom stereocenters. The van der Waals surface area contributed by atoms with Gasteiger partial charge in [-0.2, -0.15) is 8.42 Å². The molecule has 0 aliphatic rings. The van der Waals surface area contributed by atoms with Crippen molar-refractivity contribution in [3.8, 4) is 5.75 Å². The van der Waals surface area contributed by atoms with Gasteiger partial charge in [0.2, 0.25) is 0 Å². The maximum absolute atomic E-state index is 12.0. The molecule has 0 heterocycles. The minimum atomic E-state index is -4.22. The van der Waals surface area contributed by atoms with Gasteiger partial charge < -0.3 is 14.4 Å². The Morgan fingerprint density at radius 3 is 1.97 bits per heavy atom. The predicted octanol–water partition coefficient (Wildman–Crippen LogP) is 5.54. The topological polar surface area (TPSA) is 101 Å². The smallest absolute Gasteiger partial charge is 0.322 e. The van der Waals surface area contributed by atoms with Gasteiger partial charge in [-0.3, -0.25) is 4.79 Å². The standard InChI is InChI=1S/C28H40O6S/c1-8-28(9-2,22-12-10-21(19(3)16-22)11-15-25(29)27(5,6)7)23-13-14-24(20(4)17-23)34-35(32,33)18-26(30)31/h10,12-14,16-17,25,29H,8-9,11,15,18H2,1-7H3,(H,30,31). The summed E-state index contributed by atoms with van der Waals surface area (Å²) in [6.45, 7) is 14.3.